The average molecular weight is 189 g/mol. The van der Waals surface area contributed by atoms with Gasteiger partial charge in [0.1, 0.15) is 4.87 Å². The second kappa shape index (κ2) is 2.63. The fourth-order valence-corrected chi connectivity index (χ4v) is 3.16. The van der Waals surface area contributed by atoms with E-state index in [-0.39, 0.29) is 0 Å². The first-order valence-corrected chi connectivity index (χ1v) is 4.90. The zero-order valence-electron chi connectivity index (χ0n) is 6.92. The van der Waals surface area contributed by atoms with Crippen LogP contribution in [0.25, 0.3) is 0 Å². The third-order valence-electron chi connectivity index (χ3n) is 3.26. The van der Waals surface area contributed by atoms with Crippen molar-refractivity contribution in [1.29, 1.82) is 0 Å². The molecule has 2 fully saturated rings. The van der Waals surface area contributed by atoms with Crippen LogP contribution >= 0.6 is 11.6 Å². The van der Waals surface area contributed by atoms with E-state index in [4.69, 9.17) is 16.7 Å². The number of hydrogen-bond donors (Lipinski definition) is 1. The maximum absolute atomic E-state index is 10.9. The molecule has 2 bridgehead atoms. The van der Waals surface area contributed by atoms with E-state index in [0.717, 1.165) is 0 Å². The van der Waals surface area contributed by atoms with Gasteiger partial charge in [-0.3, -0.25) is 4.79 Å². The van der Waals surface area contributed by atoms with E-state index in [1.54, 1.807) is 0 Å². The van der Waals surface area contributed by atoms with Gasteiger partial charge in [-0.25, -0.2) is 0 Å². The number of hydrogen-bond acceptors (Lipinski definition) is 1. The predicted molar refractivity (Wildman–Crippen MR) is 46.3 cm³/mol. The zero-order chi connectivity index (χ0) is 8.77. The van der Waals surface area contributed by atoms with Crippen molar-refractivity contribution >= 4 is 17.6 Å². The maximum atomic E-state index is 10.9. The summed E-state index contributed by atoms with van der Waals surface area (Å²) < 4.78 is 0. The third-order valence-corrected chi connectivity index (χ3v) is 3.73. The lowest BCUT2D eigenvalue weighted by Gasteiger charge is -2.31. The van der Waals surface area contributed by atoms with E-state index in [0.29, 0.717) is 24.7 Å². The third kappa shape index (κ3) is 1.22. The fraction of sp³-hybridized carbons (Fsp3) is 0.889. The number of halogens is 1. The normalized spacial score (nSPS) is 46.1. The first-order valence-electron chi connectivity index (χ1n) is 4.52. The molecule has 0 aromatic rings. The van der Waals surface area contributed by atoms with E-state index in [1.165, 1.54) is 19.3 Å². The standard InChI is InChI=1S/C9H13ClO2/c10-9(8(11)12)4-6-1-2-7(3-6)5-9/h6-7H,1-5H2,(H,11,12). The molecule has 68 valence electrons. The highest BCUT2D eigenvalue weighted by Crippen LogP contribution is 2.49. The number of rotatable bonds is 1. The van der Waals surface area contributed by atoms with Gasteiger partial charge in [-0.15, -0.1) is 11.6 Å². The van der Waals surface area contributed by atoms with Crippen molar-refractivity contribution in [3.8, 4) is 0 Å². The Morgan fingerprint density at radius 1 is 1.33 bits per heavy atom. The van der Waals surface area contributed by atoms with E-state index < -0.39 is 10.8 Å². The molecule has 2 nitrogen and oxygen atoms in total. The molecule has 0 aromatic heterocycles. The van der Waals surface area contributed by atoms with Crippen LogP contribution < -0.4 is 0 Å². The summed E-state index contributed by atoms with van der Waals surface area (Å²) >= 11 is 6.04. The molecule has 2 aliphatic carbocycles. The van der Waals surface area contributed by atoms with Gasteiger partial charge in [0.05, 0.1) is 0 Å². The summed E-state index contributed by atoms with van der Waals surface area (Å²) in [5.41, 5.74) is 0. The van der Waals surface area contributed by atoms with E-state index in [1.807, 2.05) is 0 Å². The van der Waals surface area contributed by atoms with Crippen molar-refractivity contribution in [1.82, 2.24) is 0 Å². The molecule has 2 unspecified atom stereocenters. The SMILES string of the molecule is O=C(O)C1(Cl)CC2CCC(C2)C1. The van der Waals surface area contributed by atoms with Gasteiger partial charge in [0.2, 0.25) is 0 Å². The van der Waals surface area contributed by atoms with Gasteiger partial charge in [0.25, 0.3) is 0 Å². The fourth-order valence-electron chi connectivity index (χ4n) is 2.72. The van der Waals surface area contributed by atoms with E-state index >= 15 is 0 Å². The minimum absolute atomic E-state index is 0.581. The predicted octanol–water partition coefficient (Wildman–Crippen LogP) is 2.26. The molecule has 1 N–H and O–H groups in total. The number of alkyl halides is 1. The number of fused-ring (bicyclic) bond motifs is 2. The molecule has 2 aliphatic rings. The van der Waals surface area contributed by atoms with Crippen molar-refractivity contribution in [3.05, 3.63) is 0 Å². The number of carboxylic acids is 1. The topological polar surface area (TPSA) is 37.3 Å². The van der Waals surface area contributed by atoms with Crippen molar-refractivity contribution in [2.75, 3.05) is 0 Å². The molecular weight excluding hydrogens is 176 g/mol. The molecular formula is C9H13ClO2. The monoisotopic (exact) mass is 188 g/mol. The summed E-state index contributed by atoms with van der Waals surface area (Å²) in [6.45, 7) is 0. The summed E-state index contributed by atoms with van der Waals surface area (Å²) in [7, 11) is 0. The van der Waals surface area contributed by atoms with Crippen LogP contribution in [0.4, 0.5) is 0 Å². The highest BCUT2D eigenvalue weighted by atomic mass is 35.5. The first-order chi connectivity index (χ1) is 5.60. The van der Waals surface area contributed by atoms with Crippen LogP contribution in [0.5, 0.6) is 0 Å². The number of carboxylic acid groups (broad SMARTS) is 1. The second-order valence-electron chi connectivity index (χ2n) is 4.22. The zero-order valence-corrected chi connectivity index (χ0v) is 7.68. The molecule has 0 aliphatic heterocycles. The van der Waals surface area contributed by atoms with Gasteiger partial charge >= 0.3 is 5.97 Å². The Kier molecular flexibility index (Phi) is 1.83. The number of carbonyl (C=O) groups is 1. The smallest absolute Gasteiger partial charge is 0.324 e. The highest BCUT2D eigenvalue weighted by Gasteiger charge is 2.47. The first kappa shape index (κ1) is 8.36. The van der Waals surface area contributed by atoms with Crippen LogP contribution in [-0.2, 0) is 4.79 Å². The minimum Gasteiger partial charge on any atom is -0.480 e. The highest BCUT2D eigenvalue weighted by molar-refractivity contribution is 6.33. The Bertz CT molecular complexity index is 203. The summed E-state index contributed by atoms with van der Waals surface area (Å²) in [5, 5.41) is 8.93. The van der Waals surface area contributed by atoms with Gasteiger partial charge in [-0.05, 0) is 31.1 Å². The van der Waals surface area contributed by atoms with Crippen molar-refractivity contribution in [3.63, 3.8) is 0 Å². The maximum Gasteiger partial charge on any atom is 0.324 e. The van der Waals surface area contributed by atoms with Crippen molar-refractivity contribution in [2.45, 2.75) is 37.0 Å². The Labute approximate surface area is 76.9 Å². The molecule has 0 aromatic carbocycles. The van der Waals surface area contributed by atoms with Crippen LogP contribution in [0, 0.1) is 11.8 Å². The van der Waals surface area contributed by atoms with Crippen LogP contribution in [0.3, 0.4) is 0 Å². The molecule has 3 heteroatoms. The van der Waals surface area contributed by atoms with Gasteiger partial charge in [0.15, 0.2) is 0 Å². The summed E-state index contributed by atoms with van der Waals surface area (Å²) in [5.74, 6) is 0.343. The second-order valence-corrected chi connectivity index (χ2v) is 4.95. The Balaban J connectivity index is 2.15. The molecule has 0 amide bonds. The van der Waals surface area contributed by atoms with Gasteiger partial charge < -0.3 is 5.11 Å². The molecule has 2 atom stereocenters. The van der Waals surface area contributed by atoms with E-state index in [2.05, 4.69) is 0 Å². The van der Waals surface area contributed by atoms with Crippen LogP contribution in [0.15, 0.2) is 0 Å². The molecule has 0 saturated heterocycles. The number of aliphatic carboxylic acids is 1. The molecule has 0 radical (unpaired) electrons. The summed E-state index contributed by atoms with van der Waals surface area (Å²) in [6, 6.07) is 0. The Hall–Kier alpha value is -0.240. The molecule has 2 rings (SSSR count). The van der Waals surface area contributed by atoms with Crippen molar-refractivity contribution < 1.29 is 9.90 Å². The molecule has 0 spiro atoms. The minimum atomic E-state index is -0.927. The lowest BCUT2D eigenvalue weighted by Crippen LogP contribution is -2.38. The molecule has 2 saturated carbocycles. The molecule has 0 heterocycles. The Morgan fingerprint density at radius 2 is 1.83 bits per heavy atom. The summed E-state index contributed by atoms with van der Waals surface area (Å²) in [4.78, 5) is 9.94. The van der Waals surface area contributed by atoms with Gasteiger partial charge in [-0.2, -0.15) is 0 Å². The lowest BCUT2D eigenvalue weighted by atomic mass is 9.80. The van der Waals surface area contributed by atoms with Crippen LogP contribution in [0.2, 0.25) is 0 Å². The quantitative estimate of drug-likeness (QED) is 0.641. The average Bonchev–Trinajstić information content (AvgIpc) is 2.30. The summed E-state index contributed by atoms with van der Waals surface area (Å²) in [6.07, 6.45) is 4.95. The lowest BCUT2D eigenvalue weighted by molar-refractivity contribution is -0.141. The van der Waals surface area contributed by atoms with Crippen LogP contribution in [0.1, 0.15) is 32.1 Å². The molecule has 12 heavy (non-hydrogen) atoms. The van der Waals surface area contributed by atoms with Gasteiger partial charge in [-0.1, -0.05) is 12.8 Å². The largest absolute Gasteiger partial charge is 0.480 e. The Morgan fingerprint density at radius 3 is 2.25 bits per heavy atom. The van der Waals surface area contributed by atoms with Gasteiger partial charge in [0, 0.05) is 0 Å². The van der Waals surface area contributed by atoms with E-state index in [9.17, 15) is 4.79 Å². The van der Waals surface area contributed by atoms with Crippen molar-refractivity contribution in [2.24, 2.45) is 11.8 Å². The van der Waals surface area contributed by atoms with Crippen LogP contribution in [-0.4, -0.2) is 16.0 Å².